The standard InChI is InChI=1S/C11H15F3N2S/c1-2-5-15-6-7-17-10-4-3-9(8-16-10)11(12,13)14/h3-4,8,15H,2,5-7H2,1H3. The van der Waals surface area contributed by atoms with Crippen LogP contribution in [-0.4, -0.2) is 23.8 Å². The van der Waals surface area contributed by atoms with Gasteiger partial charge in [-0.05, 0) is 25.1 Å². The molecule has 6 heteroatoms. The van der Waals surface area contributed by atoms with Gasteiger partial charge in [0.25, 0.3) is 0 Å². The molecular weight excluding hydrogens is 249 g/mol. The van der Waals surface area contributed by atoms with E-state index < -0.39 is 11.7 Å². The predicted octanol–water partition coefficient (Wildman–Crippen LogP) is 3.19. The molecular formula is C11H15F3N2S. The van der Waals surface area contributed by atoms with Crippen molar-refractivity contribution in [3.05, 3.63) is 23.9 Å². The molecule has 0 aliphatic heterocycles. The summed E-state index contributed by atoms with van der Waals surface area (Å²) >= 11 is 1.45. The molecule has 1 N–H and O–H groups in total. The monoisotopic (exact) mass is 264 g/mol. The van der Waals surface area contributed by atoms with Gasteiger partial charge in [0.05, 0.1) is 10.6 Å². The molecule has 0 amide bonds. The van der Waals surface area contributed by atoms with Crippen LogP contribution in [-0.2, 0) is 6.18 Å². The molecule has 17 heavy (non-hydrogen) atoms. The molecule has 0 spiro atoms. The van der Waals surface area contributed by atoms with Crippen molar-refractivity contribution >= 4 is 11.8 Å². The van der Waals surface area contributed by atoms with Crippen LogP contribution in [0.1, 0.15) is 18.9 Å². The summed E-state index contributed by atoms with van der Waals surface area (Å²) < 4.78 is 36.8. The maximum absolute atomic E-state index is 12.3. The average molecular weight is 264 g/mol. The number of thioether (sulfide) groups is 1. The van der Waals surface area contributed by atoms with E-state index in [1.54, 1.807) is 0 Å². The Bertz CT molecular complexity index is 324. The number of aromatic nitrogens is 1. The van der Waals surface area contributed by atoms with Crippen LogP contribution in [0.2, 0.25) is 0 Å². The van der Waals surface area contributed by atoms with Gasteiger partial charge in [-0.25, -0.2) is 4.98 Å². The topological polar surface area (TPSA) is 24.9 Å². The van der Waals surface area contributed by atoms with Gasteiger partial charge in [-0.1, -0.05) is 6.92 Å². The molecule has 0 saturated heterocycles. The third-order valence-corrected chi connectivity index (χ3v) is 2.96. The summed E-state index contributed by atoms with van der Waals surface area (Å²) in [5.74, 6) is 0.804. The minimum absolute atomic E-state index is 0.622. The predicted molar refractivity (Wildman–Crippen MR) is 63.1 cm³/mol. The minimum Gasteiger partial charge on any atom is -0.316 e. The maximum Gasteiger partial charge on any atom is 0.417 e. The number of halogens is 3. The van der Waals surface area contributed by atoms with Gasteiger partial charge < -0.3 is 5.32 Å². The molecule has 1 aromatic rings. The minimum atomic E-state index is -4.31. The van der Waals surface area contributed by atoms with E-state index in [9.17, 15) is 13.2 Å². The summed E-state index contributed by atoms with van der Waals surface area (Å²) in [4.78, 5) is 3.78. The molecule has 96 valence electrons. The normalized spacial score (nSPS) is 11.8. The van der Waals surface area contributed by atoms with Crippen LogP contribution in [0.3, 0.4) is 0 Å². The summed E-state index contributed by atoms with van der Waals surface area (Å²) in [7, 11) is 0. The van der Waals surface area contributed by atoms with Crippen LogP contribution in [0, 0.1) is 0 Å². The van der Waals surface area contributed by atoms with E-state index in [1.165, 1.54) is 17.8 Å². The molecule has 1 rings (SSSR count). The fourth-order valence-corrected chi connectivity index (χ4v) is 1.91. The van der Waals surface area contributed by atoms with Gasteiger partial charge in [-0.2, -0.15) is 13.2 Å². The molecule has 0 bridgehead atoms. The fraction of sp³-hybridized carbons (Fsp3) is 0.545. The summed E-state index contributed by atoms with van der Waals surface area (Å²) in [6.07, 6.45) is -2.36. The van der Waals surface area contributed by atoms with Gasteiger partial charge in [0.2, 0.25) is 0 Å². The van der Waals surface area contributed by atoms with Gasteiger partial charge in [-0.3, -0.25) is 0 Å². The lowest BCUT2D eigenvalue weighted by molar-refractivity contribution is -0.137. The fourth-order valence-electron chi connectivity index (χ4n) is 1.16. The van der Waals surface area contributed by atoms with E-state index in [2.05, 4.69) is 17.2 Å². The van der Waals surface area contributed by atoms with Crippen molar-refractivity contribution in [2.75, 3.05) is 18.8 Å². The number of nitrogens with one attached hydrogen (secondary N) is 1. The first kappa shape index (κ1) is 14.3. The van der Waals surface area contributed by atoms with Gasteiger partial charge in [0, 0.05) is 18.5 Å². The number of pyridine rings is 1. The molecule has 0 atom stereocenters. The molecule has 2 nitrogen and oxygen atoms in total. The van der Waals surface area contributed by atoms with E-state index in [4.69, 9.17) is 0 Å². The van der Waals surface area contributed by atoms with Crippen molar-refractivity contribution in [1.82, 2.24) is 10.3 Å². The lowest BCUT2D eigenvalue weighted by Crippen LogP contribution is -2.17. The quantitative estimate of drug-likeness (QED) is 0.631. The van der Waals surface area contributed by atoms with Crippen LogP contribution >= 0.6 is 11.8 Å². The number of hydrogen-bond acceptors (Lipinski definition) is 3. The SMILES string of the molecule is CCCNCCSc1ccc(C(F)(F)F)cn1. The Hall–Kier alpha value is -0.750. The zero-order valence-corrected chi connectivity index (χ0v) is 10.4. The molecule has 1 aromatic heterocycles. The van der Waals surface area contributed by atoms with E-state index >= 15 is 0 Å². The second-order valence-corrected chi connectivity index (χ2v) is 4.60. The summed E-state index contributed by atoms with van der Waals surface area (Å²) in [6.45, 7) is 3.87. The smallest absolute Gasteiger partial charge is 0.316 e. The van der Waals surface area contributed by atoms with Crippen molar-refractivity contribution in [2.45, 2.75) is 24.5 Å². The van der Waals surface area contributed by atoms with Crippen molar-refractivity contribution in [3.63, 3.8) is 0 Å². The van der Waals surface area contributed by atoms with E-state index in [1.807, 2.05) is 0 Å². The van der Waals surface area contributed by atoms with Crippen LogP contribution in [0.25, 0.3) is 0 Å². The largest absolute Gasteiger partial charge is 0.417 e. The third-order valence-electron chi connectivity index (χ3n) is 2.02. The van der Waals surface area contributed by atoms with Crippen molar-refractivity contribution < 1.29 is 13.2 Å². The Morgan fingerprint density at radius 2 is 2.06 bits per heavy atom. The Morgan fingerprint density at radius 1 is 1.29 bits per heavy atom. The molecule has 0 fully saturated rings. The van der Waals surface area contributed by atoms with Gasteiger partial charge in [-0.15, -0.1) is 11.8 Å². The molecule has 0 radical (unpaired) electrons. The molecule has 0 aromatic carbocycles. The van der Waals surface area contributed by atoms with Gasteiger partial charge in [0.1, 0.15) is 0 Å². The highest BCUT2D eigenvalue weighted by Crippen LogP contribution is 2.29. The van der Waals surface area contributed by atoms with Crippen molar-refractivity contribution in [3.8, 4) is 0 Å². The van der Waals surface area contributed by atoms with Gasteiger partial charge >= 0.3 is 6.18 Å². The first-order chi connectivity index (χ1) is 8.04. The summed E-state index contributed by atoms with van der Waals surface area (Å²) in [6, 6.07) is 2.47. The van der Waals surface area contributed by atoms with Crippen molar-refractivity contribution in [1.29, 1.82) is 0 Å². The second-order valence-electron chi connectivity index (χ2n) is 3.48. The zero-order chi connectivity index (χ0) is 12.7. The summed E-state index contributed by atoms with van der Waals surface area (Å²) in [5, 5.41) is 3.83. The maximum atomic E-state index is 12.3. The molecule has 0 unspecified atom stereocenters. The van der Waals surface area contributed by atoms with Crippen molar-refractivity contribution in [2.24, 2.45) is 0 Å². The first-order valence-electron chi connectivity index (χ1n) is 5.41. The lowest BCUT2D eigenvalue weighted by Gasteiger charge is -2.06. The Morgan fingerprint density at radius 3 is 2.59 bits per heavy atom. The Labute approximate surface area is 103 Å². The molecule has 1 heterocycles. The number of hydrogen-bond donors (Lipinski definition) is 1. The van der Waals surface area contributed by atoms with Crippen LogP contribution in [0.15, 0.2) is 23.4 Å². The van der Waals surface area contributed by atoms with E-state index in [0.717, 1.165) is 37.5 Å². The first-order valence-corrected chi connectivity index (χ1v) is 6.39. The zero-order valence-electron chi connectivity index (χ0n) is 9.55. The Balaban J connectivity index is 2.36. The number of nitrogens with zero attached hydrogens (tertiary/aromatic N) is 1. The highest BCUT2D eigenvalue weighted by atomic mass is 32.2. The van der Waals surface area contributed by atoms with Crippen LogP contribution in [0.5, 0.6) is 0 Å². The number of rotatable bonds is 6. The third kappa shape index (κ3) is 5.41. The Kier molecular flexibility index (Phi) is 5.77. The molecule has 0 aliphatic carbocycles. The summed E-state index contributed by atoms with van der Waals surface area (Å²) in [5.41, 5.74) is -0.703. The highest BCUT2D eigenvalue weighted by Gasteiger charge is 2.30. The second kappa shape index (κ2) is 6.86. The van der Waals surface area contributed by atoms with Crippen LogP contribution < -0.4 is 5.32 Å². The van der Waals surface area contributed by atoms with Gasteiger partial charge in [0.15, 0.2) is 0 Å². The van der Waals surface area contributed by atoms with Crippen LogP contribution in [0.4, 0.5) is 13.2 Å². The molecule has 0 saturated carbocycles. The average Bonchev–Trinajstić information content (AvgIpc) is 2.28. The lowest BCUT2D eigenvalue weighted by atomic mass is 10.3. The van der Waals surface area contributed by atoms with E-state index in [0.29, 0.717) is 5.03 Å². The molecule has 0 aliphatic rings. The highest BCUT2D eigenvalue weighted by molar-refractivity contribution is 7.99. The number of alkyl halides is 3. The van der Waals surface area contributed by atoms with E-state index in [-0.39, 0.29) is 0 Å².